The fraction of sp³-hybridized carbons (Fsp3) is 0.0500. The maximum Gasteiger partial charge on any atom is 0.360 e. The Balaban J connectivity index is 1.59. The Morgan fingerprint density at radius 2 is 1.97 bits per heavy atom. The van der Waals surface area contributed by atoms with Crippen molar-refractivity contribution < 1.29 is 24.0 Å². The maximum atomic E-state index is 13.6. The molecule has 2 amide bonds. The van der Waals surface area contributed by atoms with Gasteiger partial charge in [-0.15, -0.1) is 0 Å². The third-order valence-corrected chi connectivity index (χ3v) is 4.65. The van der Waals surface area contributed by atoms with E-state index >= 15 is 0 Å². The van der Waals surface area contributed by atoms with Crippen LogP contribution in [0.25, 0.3) is 22.4 Å². The van der Waals surface area contributed by atoms with Crippen molar-refractivity contribution >= 4 is 34.4 Å². The van der Waals surface area contributed by atoms with Crippen LogP contribution < -0.4 is 16.2 Å². The predicted molar refractivity (Wildman–Crippen MR) is 116 cm³/mol. The van der Waals surface area contributed by atoms with Crippen LogP contribution >= 0.6 is 0 Å². The fourth-order valence-corrected chi connectivity index (χ4v) is 3.10. The van der Waals surface area contributed by atoms with Gasteiger partial charge in [0, 0.05) is 12.3 Å². The third kappa shape index (κ3) is 4.40. The van der Waals surface area contributed by atoms with Gasteiger partial charge < -0.3 is 25.7 Å². The number of amides is 2. The highest BCUT2D eigenvalue weighted by atomic mass is 19.1. The van der Waals surface area contributed by atoms with Gasteiger partial charge in [0.25, 0.3) is 11.2 Å². The largest absolute Gasteiger partial charge is 0.476 e. The van der Waals surface area contributed by atoms with Crippen LogP contribution in [0, 0.1) is 15.9 Å². The van der Waals surface area contributed by atoms with E-state index in [4.69, 9.17) is 5.11 Å². The number of fused-ring (bicyclic) bond motifs is 1. The van der Waals surface area contributed by atoms with Crippen LogP contribution in [-0.4, -0.2) is 42.0 Å². The molecule has 2 aromatic heterocycles. The summed E-state index contributed by atoms with van der Waals surface area (Å²) in [5.41, 5.74) is -1.94. The van der Waals surface area contributed by atoms with Gasteiger partial charge in [0.1, 0.15) is 11.6 Å². The number of carboxylic acid groups (broad SMARTS) is 1. The lowest BCUT2D eigenvalue weighted by Gasteiger charge is -2.07. The number of aromatic carboxylic acids is 1. The topological polar surface area (TPSA) is 196 Å². The molecule has 5 N–H and O–H groups in total. The lowest BCUT2D eigenvalue weighted by molar-refractivity contribution is -0.384. The first-order valence-electron chi connectivity index (χ1n) is 9.52. The molecule has 0 saturated heterocycles. The molecule has 2 heterocycles. The lowest BCUT2D eigenvalue weighted by atomic mass is 10.1. The van der Waals surface area contributed by atoms with Gasteiger partial charge in [-0.05, 0) is 18.2 Å². The molecule has 0 fully saturated rings. The number of urea groups is 1. The van der Waals surface area contributed by atoms with Gasteiger partial charge in [-0.25, -0.2) is 23.9 Å². The van der Waals surface area contributed by atoms with Gasteiger partial charge in [-0.1, -0.05) is 12.1 Å². The summed E-state index contributed by atoms with van der Waals surface area (Å²) in [6.07, 6.45) is 1.40. The van der Waals surface area contributed by atoms with Crippen LogP contribution in [0.15, 0.2) is 47.4 Å². The molecule has 0 bridgehead atoms. The zero-order valence-corrected chi connectivity index (χ0v) is 17.0. The first-order chi connectivity index (χ1) is 16.2. The minimum atomic E-state index is -1.55. The number of aromatic amines is 2. The number of H-pyrrole nitrogens is 2. The van der Waals surface area contributed by atoms with Gasteiger partial charge in [0.2, 0.25) is 5.69 Å². The van der Waals surface area contributed by atoms with Crippen LogP contribution in [-0.2, 0) is 6.54 Å². The number of nitro benzene ring substituents is 1. The molecule has 0 saturated carbocycles. The number of carbonyl (C=O) groups is 2. The molecule has 0 aliphatic rings. The second-order valence-electron chi connectivity index (χ2n) is 6.89. The molecule has 14 heteroatoms. The van der Waals surface area contributed by atoms with E-state index < -0.39 is 39.7 Å². The number of anilines is 1. The van der Waals surface area contributed by atoms with E-state index in [1.165, 1.54) is 30.5 Å². The number of nitrogens with one attached hydrogen (secondary N) is 4. The van der Waals surface area contributed by atoms with Crippen molar-refractivity contribution in [3.05, 3.63) is 80.3 Å². The van der Waals surface area contributed by atoms with Crippen LogP contribution in [0.4, 0.5) is 20.6 Å². The molecule has 4 rings (SSSR count). The number of halogens is 1. The van der Waals surface area contributed by atoms with E-state index in [-0.39, 0.29) is 34.7 Å². The number of carbonyl (C=O) groups excluding carboxylic acids is 1. The summed E-state index contributed by atoms with van der Waals surface area (Å²) in [7, 11) is 0. The fourth-order valence-electron chi connectivity index (χ4n) is 3.10. The van der Waals surface area contributed by atoms with E-state index in [2.05, 4.69) is 30.6 Å². The third-order valence-electron chi connectivity index (χ3n) is 4.65. The minimum Gasteiger partial charge on any atom is -0.476 e. The molecule has 2 aromatic carbocycles. The first kappa shape index (κ1) is 22.1. The Labute approximate surface area is 187 Å². The molecule has 0 atom stereocenters. The van der Waals surface area contributed by atoms with Crippen molar-refractivity contribution in [3.8, 4) is 11.4 Å². The average Bonchev–Trinajstić information content (AvgIpc) is 3.26. The van der Waals surface area contributed by atoms with Crippen LogP contribution in [0.3, 0.4) is 0 Å². The molecule has 13 nitrogen and oxygen atoms in total. The van der Waals surface area contributed by atoms with E-state index in [0.717, 1.165) is 6.07 Å². The number of nitrogens with zero attached hydrogens (tertiary/aromatic N) is 3. The Hall–Kier alpha value is -5.14. The first-order valence-corrected chi connectivity index (χ1v) is 9.52. The Bertz CT molecular complexity index is 1510. The van der Waals surface area contributed by atoms with Gasteiger partial charge in [-0.3, -0.25) is 14.9 Å². The molecule has 0 aliphatic carbocycles. The van der Waals surface area contributed by atoms with Crippen LogP contribution in [0.5, 0.6) is 0 Å². The summed E-state index contributed by atoms with van der Waals surface area (Å²) in [4.78, 5) is 58.9. The standard InChI is InChI=1S/C20H14FN7O6/c21-11-3-1-2-4-12(11)27-20(32)23-8-9-7-22-17(24-9)10-5-13-14(6-15(10)28(33)34)26-18(29)16(25-13)19(30)31/h1-7H,8H2,(H,22,24)(H,26,29)(H,30,31)(H2,23,27,32). The maximum absolute atomic E-state index is 13.6. The summed E-state index contributed by atoms with van der Waals surface area (Å²) in [6, 6.07) is 7.18. The number of hydrogen-bond donors (Lipinski definition) is 5. The van der Waals surface area contributed by atoms with Crippen molar-refractivity contribution in [2.75, 3.05) is 5.32 Å². The molecule has 0 aliphatic heterocycles. The van der Waals surface area contributed by atoms with E-state index in [0.29, 0.717) is 5.69 Å². The van der Waals surface area contributed by atoms with Crippen molar-refractivity contribution in [1.29, 1.82) is 0 Å². The summed E-state index contributed by atoms with van der Waals surface area (Å²) >= 11 is 0. The van der Waals surface area contributed by atoms with Gasteiger partial charge in [0.05, 0.1) is 39.4 Å². The van der Waals surface area contributed by atoms with E-state index in [1.54, 1.807) is 6.07 Å². The van der Waals surface area contributed by atoms with Crippen molar-refractivity contribution in [2.45, 2.75) is 6.54 Å². The molecule has 4 aromatic rings. The Morgan fingerprint density at radius 3 is 2.68 bits per heavy atom. The molecule has 0 unspecified atom stereocenters. The summed E-state index contributed by atoms with van der Waals surface area (Å²) < 4.78 is 13.6. The second kappa shape index (κ2) is 8.78. The van der Waals surface area contributed by atoms with Gasteiger partial charge in [-0.2, -0.15) is 0 Å². The average molecular weight is 467 g/mol. The summed E-state index contributed by atoms with van der Waals surface area (Å²) in [5.74, 6) is -2.11. The summed E-state index contributed by atoms with van der Waals surface area (Å²) in [6.45, 7) is -0.0904. The molecule has 0 radical (unpaired) electrons. The van der Waals surface area contributed by atoms with E-state index in [1.807, 2.05) is 0 Å². The number of nitro groups is 1. The number of benzene rings is 2. The lowest BCUT2D eigenvalue weighted by Crippen LogP contribution is -2.28. The molecule has 0 spiro atoms. The predicted octanol–water partition coefficient (Wildman–Crippen LogP) is 2.38. The molecular weight excluding hydrogens is 453 g/mol. The second-order valence-corrected chi connectivity index (χ2v) is 6.89. The van der Waals surface area contributed by atoms with Crippen molar-refractivity contribution in [1.82, 2.24) is 25.3 Å². The Morgan fingerprint density at radius 1 is 1.21 bits per heavy atom. The van der Waals surface area contributed by atoms with Crippen molar-refractivity contribution in [2.24, 2.45) is 0 Å². The normalized spacial score (nSPS) is 10.7. The smallest absolute Gasteiger partial charge is 0.360 e. The van der Waals surface area contributed by atoms with Crippen LogP contribution in [0.2, 0.25) is 0 Å². The zero-order valence-electron chi connectivity index (χ0n) is 17.0. The quantitative estimate of drug-likeness (QED) is 0.210. The number of rotatable bonds is 6. The number of imidazole rings is 1. The SMILES string of the molecule is O=C(NCc1c[nH]c(-c2cc3nc(C(=O)O)c(=O)[nH]c3cc2[N+](=O)[O-])n1)Nc1ccccc1F. The summed E-state index contributed by atoms with van der Waals surface area (Å²) in [5, 5.41) is 25.5. The molecule has 34 heavy (non-hydrogen) atoms. The van der Waals surface area contributed by atoms with Crippen LogP contribution in [0.1, 0.15) is 16.2 Å². The highest BCUT2D eigenvalue weighted by Gasteiger charge is 2.22. The number of carboxylic acids is 1. The van der Waals surface area contributed by atoms with E-state index in [9.17, 15) is 28.9 Å². The highest BCUT2D eigenvalue weighted by molar-refractivity contribution is 5.91. The Kier molecular flexibility index (Phi) is 5.70. The van der Waals surface area contributed by atoms with Gasteiger partial charge >= 0.3 is 12.0 Å². The zero-order chi connectivity index (χ0) is 24.4. The monoisotopic (exact) mass is 467 g/mol. The number of para-hydroxylation sites is 1. The highest BCUT2D eigenvalue weighted by Crippen LogP contribution is 2.31. The molecule has 172 valence electrons. The van der Waals surface area contributed by atoms with Crippen molar-refractivity contribution in [3.63, 3.8) is 0 Å². The molecular formula is C20H14FN7O6. The number of hydrogen-bond acceptors (Lipinski definition) is 7. The van der Waals surface area contributed by atoms with Gasteiger partial charge in [0.15, 0.2) is 0 Å². The number of aromatic nitrogens is 4. The minimum absolute atomic E-state index is 0.00191.